The minimum Gasteiger partial charge on any atom is -0.505 e. The van der Waals surface area contributed by atoms with Crippen molar-refractivity contribution < 1.29 is 19.4 Å². The molecule has 0 saturated heterocycles. The summed E-state index contributed by atoms with van der Waals surface area (Å²) >= 11 is 0. The molecule has 0 unspecified atom stereocenters. The molecule has 2 rings (SSSR count). The van der Waals surface area contributed by atoms with E-state index in [4.69, 9.17) is 9.47 Å². The number of methoxy groups -OCH3 is 2. The number of benzene rings is 1. The second-order valence-corrected chi connectivity index (χ2v) is 4.23. The van der Waals surface area contributed by atoms with Crippen LogP contribution in [0.15, 0.2) is 36.5 Å². The van der Waals surface area contributed by atoms with E-state index in [1.807, 2.05) is 0 Å². The zero-order chi connectivity index (χ0) is 15.2. The van der Waals surface area contributed by atoms with Crippen molar-refractivity contribution in [1.82, 2.24) is 10.3 Å². The normalized spacial score (nSPS) is 10.0. The molecule has 1 aromatic carbocycles. The van der Waals surface area contributed by atoms with Crippen LogP contribution in [0, 0.1) is 0 Å². The highest BCUT2D eigenvalue weighted by molar-refractivity contribution is 5.94. The Labute approximate surface area is 122 Å². The Hall–Kier alpha value is -2.76. The largest absolute Gasteiger partial charge is 0.505 e. The number of pyridine rings is 1. The summed E-state index contributed by atoms with van der Waals surface area (Å²) in [5.41, 5.74) is 0.784. The maximum Gasteiger partial charge on any atom is 0.274 e. The molecule has 1 aromatic heterocycles. The van der Waals surface area contributed by atoms with Crippen molar-refractivity contribution in [3.63, 3.8) is 0 Å². The van der Waals surface area contributed by atoms with Crippen molar-refractivity contribution in [2.24, 2.45) is 0 Å². The summed E-state index contributed by atoms with van der Waals surface area (Å²) in [6.45, 7) is 0.252. The van der Waals surface area contributed by atoms with Gasteiger partial charge in [0.1, 0.15) is 17.2 Å². The van der Waals surface area contributed by atoms with Crippen molar-refractivity contribution >= 4 is 5.91 Å². The molecule has 1 amide bonds. The quantitative estimate of drug-likeness (QED) is 0.876. The fraction of sp³-hybridized carbons (Fsp3) is 0.200. The predicted molar refractivity (Wildman–Crippen MR) is 76.6 cm³/mol. The van der Waals surface area contributed by atoms with Gasteiger partial charge < -0.3 is 19.9 Å². The fourth-order valence-corrected chi connectivity index (χ4v) is 1.83. The summed E-state index contributed by atoms with van der Waals surface area (Å²) in [4.78, 5) is 15.8. The van der Waals surface area contributed by atoms with E-state index in [0.717, 1.165) is 5.56 Å². The van der Waals surface area contributed by atoms with E-state index in [0.29, 0.717) is 11.5 Å². The Morgan fingerprint density at radius 3 is 2.76 bits per heavy atom. The van der Waals surface area contributed by atoms with E-state index >= 15 is 0 Å². The zero-order valence-electron chi connectivity index (χ0n) is 11.8. The molecule has 2 aromatic rings. The third kappa shape index (κ3) is 3.42. The number of carbonyl (C=O) groups excluding carboxylic acids is 1. The van der Waals surface area contributed by atoms with Gasteiger partial charge in [-0.3, -0.25) is 4.79 Å². The molecule has 0 fully saturated rings. The number of aromatic hydroxyl groups is 1. The molecule has 6 heteroatoms. The number of ether oxygens (including phenoxy) is 2. The molecule has 0 aliphatic carbocycles. The van der Waals surface area contributed by atoms with E-state index in [9.17, 15) is 9.90 Å². The Balaban J connectivity index is 2.10. The number of hydrogen-bond acceptors (Lipinski definition) is 5. The SMILES string of the molecule is COc1ccc(CNC(=O)c2ncccc2O)c(OC)c1. The lowest BCUT2D eigenvalue weighted by Crippen LogP contribution is -2.24. The van der Waals surface area contributed by atoms with Crippen molar-refractivity contribution in [1.29, 1.82) is 0 Å². The molecule has 6 nitrogen and oxygen atoms in total. The average Bonchev–Trinajstić information content (AvgIpc) is 2.52. The highest BCUT2D eigenvalue weighted by Gasteiger charge is 2.13. The van der Waals surface area contributed by atoms with Crippen LogP contribution in [0.1, 0.15) is 16.1 Å². The molecule has 0 atom stereocenters. The molecule has 110 valence electrons. The van der Waals surface area contributed by atoms with Crippen LogP contribution in [0.2, 0.25) is 0 Å². The van der Waals surface area contributed by atoms with Gasteiger partial charge in [0, 0.05) is 24.4 Å². The lowest BCUT2D eigenvalue weighted by molar-refractivity contribution is 0.0942. The fourth-order valence-electron chi connectivity index (χ4n) is 1.83. The Morgan fingerprint density at radius 2 is 2.10 bits per heavy atom. The standard InChI is InChI=1S/C15H16N2O4/c1-20-11-6-5-10(13(8-11)21-2)9-17-15(19)14-12(18)4-3-7-16-14/h3-8,18H,9H2,1-2H3,(H,17,19). The maximum atomic E-state index is 12.0. The van der Waals surface area contributed by atoms with Gasteiger partial charge in [0.15, 0.2) is 5.69 Å². The monoisotopic (exact) mass is 288 g/mol. The molecule has 2 N–H and O–H groups in total. The summed E-state index contributed by atoms with van der Waals surface area (Å²) in [6, 6.07) is 8.28. The minimum atomic E-state index is -0.453. The van der Waals surface area contributed by atoms with Gasteiger partial charge in [0.05, 0.1) is 14.2 Å². The summed E-state index contributed by atoms with van der Waals surface area (Å²) in [7, 11) is 3.12. The molecular weight excluding hydrogens is 272 g/mol. The van der Waals surface area contributed by atoms with Crippen LogP contribution in [0.3, 0.4) is 0 Å². The van der Waals surface area contributed by atoms with Crippen molar-refractivity contribution in [2.45, 2.75) is 6.54 Å². The first kappa shape index (κ1) is 14.6. The van der Waals surface area contributed by atoms with E-state index < -0.39 is 5.91 Å². The predicted octanol–water partition coefficient (Wildman–Crippen LogP) is 1.73. The average molecular weight is 288 g/mol. The van der Waals surface area contributed by atoms with Gasteiger partial charge in [0.25, 0.3) is 5.91 Å². The minimum absolute atomic E-state index is 0.00928. The third-order valence-electron chi connectivity index (χ3n) is 2.94. The summed E-state index contributed by atoms with van der Waals surface area (Å²) < 4.78 is 10.4. The van der Waals surface area contributed by atoms with Crippen LogP contribution in [-0.4, -0.2) is 30.2 Å². The Bertz CT molecular complexity index is 643. The first-order valence-corrected chi connectivity index (χ1v) is 6.28. The number of carbonyl (C=O) groups is 1. The smallest absolute Gasteiger partial charge is 0.274 e. The van der Waals surface area contributed by atoms with Crippen LogP contribution in [0.25, 0.3) is 0 Å². The summed E-state index contributed by atoms with van der Waals surface area (Å²) in [5, 5.41) is 12.3. The van der Waals surface area contributed by atoms with Gasteiger partial charge in [-0.1, -0.05) is 0 Å². The van der Waals surface area contributed by atoms with E-state index in [1.54, 1.807) is 38.5 Å². The molecule has 0 aliphatic rings. The van der Waals surface area contributed by atoms with E-state index in [-0.39, 0.29) is 18.0 Å². The lowest BCUT2D eigenvalue weighted by atomic mass is 10.2. The van der Waals surface area contributed by atoms with Crippen LogP contribution in [0.5, 0.6) is 17.2 Å². The van der Waals surface area contributed by atoms with Crippen molar-refractivity contribution in [3.05, 3.63) is 47.8 Å². The highest BCUT2D eigenvalue weighted by atomic mass is 16.5. The van der Waals surface area contributed by atoms with Gasteiger partial charge in [-0.25, -0.2) is 4.98 Å². The van der Waals surface area contributed by atoms with Gasteiger partial charge in [0.2, 0.25) is 0 Å². The third-order valence-corrected chi connectivity index (χ3v) is 2.94. The number of hydrogen-bond donors (Lipinski definition) is 2. The molecule has 0 bridgehead atoms. The molecule has 0 spiro atoms. The van der Waals surface area contributed by atoms with Crippen LogP contribution in [0.4, 0.5) is 0 Å². The van der Waals surface area contributed by atoms with Crippen LogP contribution >= 0.6 is 0 Å². The second kappa shape index (κ2) is 6.60. The van der Waals surface area contributed by atoms with Crippen LogP contribution in [-0.2, 0) is 6.54 Å². The van der Waals surface area contributed by atoms with Crippen molar-refractivity contribution in [3.8, 4) is 17.2 Å². The Kier molecular flexibility index (Phi) is 4.61. The number of aromatic nitrogens is 1. The van der Waals surface area contributed by atoms with Gasteiger partial charge in [-0.15, -0.1) is 0 Å². The topological polar surface area (TPSA) is 80.7 Å². The molecular formula is C15H16N2O4. The Morgan fingerprint density at radius 1 is 1.29 bits per heavy atom. The maximum absolute atomic E-state index is 12.0. The molecule has 21 heavy (non-hydrogen) atoms. The van der Waals surface area contributed by atoms with Crippen LogP contribution < -0.4 is 14.8 Å². The molecule has 0 saturated carbocycles. The number of nitrogens with zero attached hydrogens (tertiary/aromatic N) is 1. The van der Waals surface area contributed by atoms with E-state index in [2.05, 4.69) is 10.3 Å². The molecule has 0 aliphatic heterocycles. The van der Waals surface area contributed by atoms with E-state index in [1.165, 1.54) is 12.3 Å². The second-order valence-electron chi connectivity index (χ2n) is 4.23. The molecule has 1 heterocycles. The first-order chi connectivity index (χ1) is 10.2. The summed E-state index contributed by atoms with van der Waals surface area (Å²) in [5.74, 6) is 0.673. The first-order valence-electron chi connectivity index (χ1n) is 6.28. The molecule has 0 radical (unpaired) electrons. The van der Waals surface area contributed by atoms with Gasteiger partial charge in [-0.2, -0.15) is 0 Å². The summed E-state index contributed by atoms with van der Waals surface area (Å²) in [6.07, 6.45) is 1.45. The van der Waals surface area contributed by atoms with Gasteiger partial charge in [-0.05, 0) is 24.3 Å². The zero-order valence-corrected chi connectivity index (χ0v) is 11.8. The van der Waals surface area contributed by atoms with Gasteiger partial charge >= 0.3 is 0 Å². The lowest BCUT2D eigenvalue weighted by Gasteiger charge is -2.11. The highest BCUT2D eigenvalue weighted by Crippen LogP contribution is 2.24. The number of nitrogens with one attached hydrogen (secondary N) is 1. The number of amides is 1. The number of rotatable bonds is 5. The van der Waals surface area contributed by atoms with Crippen molar-refractivity contribution in [2.75, 3.05) is 14.2 Å².